The minimum Gasteiger partial charge on any atom is -0.378 e. The lowest BCUT2D eigenvalue weighted by molar-refractivity contribution is -0.384. The number of pyridine rings is 1. The third-order valence-corrected chi connectivity index (χ3v) is 5.59. The minimum atomic E-state index is -0.396. The van der Waals surface area contributed by atoms with Crippen LogP contribution < -0.4 is 4.90 Å². The van der Waals surface area contributed by atoms with Gasteiger partial charge in [0.25, 0.3) is 5.69 Å². The van der Waals surface area contributed by atoms with E-state index < -0.39 is 4.92 Å². The highest BCUT2D eigenvalue weighted by Crippen LogP contribution is 2.32. The molecule has 0 spiro atoms. The molecule has 8 heteroatoms. The van der Waals surface area contributed by atoms with Crippen molar-refractivity contribution >= 4 is 17.4 Å². The summed E-state index contributed by atoms with van der Waals surface area (Å²) >= 11 is 0. The molecule has 3 heterocycles. The van der Waals surface area contributed by atoms with E-state index in [4.69, 9.17) is 4.74 Å². The van der Waals surface area contributed by atoms with Gasteiger partial charge >= 0.3 is 0 Å². The molecule has 0 atom stereocenters. The SMILES string of the molecule is O=C(C1CCN(c2ccc([N+](=O)[O-])c(-c3ccccc3)n2)CC1)N1CCOCC1. The zero-order valence-electron chi connectivity index (χ0n) is 16.2. The molecule has 0 unspecified atom stereocenters. The van der Waals surface area contributed by atoms with Gasteiger partial charge in [-0.1, -0.05) is 30.3 Å². The van der Waals surface area contributed by atoms with E-state index in [0.29, 0.717) is 50.9 Å². The monoisotopic (exact) mass is 396 g/mol. The van der Waals surface area contributed by atoms with Crippen molar-refractivity contribution in [3.05, 3.63) is 52.6 Å². The summed E-state index contributed by atoms with van der Waals surface area (Å²) in [5.74, 6) is 0.956. The number of amides is 1. The summed E-state index contributed by atoms with van der Waals surface area (Å²) in [5, 5.41) is 11.5. The molecule has 29 heavy (non-hydrogen) atoms. The first-order chi connectivity index (χ1) is 14.1. The topological polar surface area (TPSA) is 88.8 Å². The maximum atomic E-state index is 12.7. The molecule has 0 saturated carbocycles. The normalized spacial score (nSPS) is 17.9. The number of carbonyl (C=O) groups excluding carboxylic acids is 1. The quantitative estimate of drug-likeness (QED) is 0.583. The van der Waals surface area contributed by atoms with Gasteiger partial charge in [0.2, 0.25) is 5.91 Å². The van der Waals surface area contributed by atoms with Gasteiger partial charge in [0.05, 0.1) is 18.1 Å². The Morgan fingerprint density at radius 3 is 2.38 bits per heavy atom. The summed E-state index contributed by atoms with van der Waals surface area (Å²) in [5.41, 5.74) is 1.09. The number of aromatic nitrogens is 1. The van der Waals surface area contributed by atoms with Crippen molar-refractivity contribution in [1.82, 2.24) is 9.88 Å². The second-order valence-corrected chi connectivity index (χ2v) is 7.36. The van der Waals surface area contributed by atoms with Gasteiger partial charge in [-0.3, -0.25) is 14.9 Å². The second-order valence-electron chi connectivity index (χ2n) is 7.36. The molecule has 2 aliphatic rings. The van der Waals surface area contributed by atoms with Crippen molar-refractivity contribution < 1.29 is 14.5 Å². The lowest BCUT2D eigenvalue weighted by atomic mass is 9.95. The summed E-state index contributed by atoms with van der Waals surface area (Å²) < 4.78 is 5.33. The van der Waals surface area contributed by atoms with Gasteiger partial charge in [-0.25, -0.2) is 4.98 Å². The van der Waals surface area contributed by atoms with Crippen LogP contribution >= 0.6 is 0 Å². The van der Waals surface area contributed by atoms with Crippen molar-refractivity contribution in [3.8, 4) is 11.3 Å². The Hall–Kier alpha value is -3.00. The maximum absolute atomic E-state index is 12.7. The number of anilines is 1. The molecule has 0 N–H and O–H groups in total. The molecule has 1 aromatic carbocycles. The van der Waals surface area contributed by atoms with Crippen LogP contribution in [0.2, 0.25) is 0 Å². The standard InChI is InChI=1S/C21H24N4O4/c26-21(24-12-14-29-15-13-24)17-8-10-23(11-9-17)19-7-6-18(25(27)28)20(22-19)16-4-2-1-3-5-16/h1-7,17H,8-15H2. The third kappa shape index (κ3) is 4.22. The van der Waals surface area contributed by atoms with Crippen LogP contribution in [-0.2, 0) is 9.53 Å². The fourth-order valence-corrected chi connectivity index (χ4v) is 3.97. The Morgan fingerprint density at radius 2 is 1.72 bits per heavy atom. The van der Waals surface area contributed by atoms with Crippen LogP contribution in [0.4, 0.5) is 11.5 Å². The van der Waals surface area contributed by atoms with E-state index >= 15 is 0 Å². The molecular weight excluding hydrogens is 372 g/mol. The van der Waals surface area contributed by atoms with E-state index in [1.807, 2.05) is 35.2 Å². The van der Waals surface area contributed by atoms with Crippen LogP contribution in [0.3, 0.4) is 0 Å². The second kappa shape index (κ2) is 8.57. The Balaban J connectivity index is 1.48. The highest BCUT2D eigenvalue weighted by molar-refractivity contribution is 5.79. The minimum absolute atomic E-state index is 0.00247. The summed E-state index contributed by atoms with van der Waals surface area (Å²) in [4.78, 5) is 32.4. The lowest BCUT2D eigenvalue weighted by Crippen LogP contribution is -2.46. The molecule has 1 aromatic heterocycles. The van der Waals surface area contributed by atoms with Crippen molar-refractivity contribution in [2.24, 2.45) is 5.92 Å². The number of piperidine rings is 1. The van der Waals surface area contributed by atoms with Crippen molar-refractivity contribution in [2.45, 2.75) is 12.8 Å². The summed E-state index contributed by atoms with van der Waals surface area (Å²) in [6.45, 7) is 3.98. The average molecular weight is 396 g/mol. The fraction of sp³-hybridized carbons (Fsp3) is 0.429. The van der Waals surface area contributed by atoms with E-state index in [0.717, 1.165) is 18.4 Å². The van der Waals surface area contributed by atoms with E-state index in [1.54, 1.807) is 6.07 Å². The van der Waals surface area contributed by atoms with Crippen LogP contribution in [0.1, 0.15) is 12.8 Å². The van der Waals surface area contributed by atoms with E-state index in [9.17, 15) is 14.9 Å². The molecular formula is C21H24N4O4. The molecule has 0 bridgehead atoms. The molecule has 1 amide bonds. The van der Waals surface area contributed by atoms with Gasteiger partial charge in [0.1, 0.15) is 5.82 Å². The Bertz CT molecular complexity index is 876. The zero-order chi connectivity index (χ0) is 20.2. The number of carbonyl (C=O) groups is 1. The number of rotatable bonds is 4. The Labute approximate surface area is 169 Å². The molecule has 2 saturated heterocycles. The molecule has 152 valence electrons. The molecule has 2 aromatic rings. The summed E-state index contributed by atoms with van der Waals surface area (Å²) in [7, 11) is 0. The predicted octanol–water partition coefficient (Wildman–Crippen LogP) is 2.73. The molecule has 2 aliphatic heterocycles. The van der Waals surface area contributed by atoms with Crippen LogP contribution in [0.5, 0.6) is 0 Å². The van der Waals surface area contributed by atoms with E-state index in [-0.39, 0.29) is 17.5 Å². The predicted molar refractivity (Wildman–Crippen MR) is 109 cm³/mol. The van der Waals surface area contributed by atoms with Crippen molar-refractivity contribution in [2.75, 3.05) is 44.3 Å². The number of hydrogen-bond donors (Lipinski definition) is 0. The molecule has 0 radical (unpaired) electrons. The number of morpholine rings is 1. The van der Waals surface area contributed by atoms with Crippen molar-refractivity contribution in [1.29, 1.82) is 0 Å². The first kappa shape index (κ1) is 19.3. The lowest BCUT2D eigenvalue weighted by Gasteiger charge is -2.36. The van der Waals surface area contributed by atoms with Gasteiger partial charge in [0.15, 0.2) is 5.69 Å². The van der Waals surface area contributed by atoms with Gasteiger partial charge in [-0.15, -0.1) is 0 Å². The third-order valence-electron chi connectivity index (χ3n) is 5.59. The zero-order valence-corrected chi connectivity index (χ0v) is 16.2. The average Bonchev–Trinajstić information content (AvgIpc) is 2.79. The number of benzene rings is 1. The van der Waals surface area contributed by atoms with Gasteiger partial charge in [-0.05, 0) is 18.9 Å². The number of nitrogens with zero attached hydrogens (tertiary/aromatic N) is 4. The van der Waals surface area contributed by atoms with E-state index in [2.05, 4.69) is 9.88 Å². The number of hydrogen-bond acceptors (Lipinski definition) is 6. The van der Waals surface area contributed by atoms with Crippen LogP contribution in [0, 0.1) is 16.0 Å². The molecule has 0 aliphatic carbocycles. The molecule has 8 nitrogen and oxygen atoms in total. The van der Waals surface area contributed by atoms with E-state index in [1.165, 1.54) is 6.07 Å². The maximum Gasteiger partial charge on any atom is 0.295 e. The summed E-state index contributed by atoms with van der Waals surface area (Å²) in [6.07, 6.45) is 1.52. The summed E-state index contributed by atoms with van der Waals surface area (Å²) in [6, 6.07) is 12.4. The fourth-order valence-electron chi connectivity index (χ4n) is 3.97. The number of nitro groups is 1. The van der Waals surface area contributed by atoms with Crippen LogP contribution in [0.25, 0.3) is 11.3 Å². The van der Waals surface area contributed by atoms with Crippen LogP contribution in [-0.4, -0.2) is 60.1 Å². The molecule has 4 rings (SSSR count). The largest absolute Gasteiger partial charge is 0.378 e. The highest BCUT2D eigenvalue weighted by Gasteiger charge is 2.30. The molecule has 2 fully saturated rings. The highest BCUT2D eigenvalue weighted by atomic mass is 16.6. The van der Waals surface area contributed by atoms with Crippen molar-refractivity contribution in [3.63, 3.8) is 0 Å². The van der Waals surface area contributed by atoms with Gasteiger partial charge in [0, 0.05) is 43.7 Å². The Kier molecular flexibility index (Phi) is 5.71. The first-order valence-electron chi connectivity index (χ1n) is 9.96. The number of ether oxygens (including phenoxy) is 1. The smallest absolute Gasteiger partial charge is 0.295 e. The van der Waals surface area contributed by atoms with Gasteiger partial charge < -0.3 is 14.5 Å². The van der Waals surface area contributed by atoms with Crippen LogP contribution in [0.15, 0.2) is 42.5 Å². The van der Waals surface area contributed by atoms with Gasteiger partial charge in [-0.2, -0.15) is 0 Å². The Morgan fingerprint density at radius 1 is 1.03 bits per heavy atom. The first-order valence-corrected chi connectivity index (χ1v) is 9.96.